The maximum absolute atomic E-state index is 12.0. The van der Waals surface area contributed by atoms with Gasteiger partial charge in [-0.05, 0) is 33.4 Å². The summed E-state index contributed by atoms with van der Waals surface area (Å²) in [6, 6.07) is 9.06. The fourth-order valence-corrected chi connectivity index (χ4v) is 1.72. The second-order valence-corrected chi connectivity index (χ2v) is 5.19. The quantitative estimate of drug-likeness (QED) is 0.862. The Balaban J connectivity index is 2.49. The molecule has 0 fully saturated rings. The van der Waals surface area contributed by atoms with Crippen LogP contribution in [0.3, 0.4) is 0 Å². The zero-order chi connectivity index (χ0) is 15.1. The van der Waals surface area contributed by atoms with Crippen molar-refractivity contribution in [2.24, 2.45) is 0 Å². The highest BCUT2D eigenvalue weighted by atomic mass is 16.2. The number of hydrogen-bond acceptors (Lipinski definition) is 3. The van der Waals surface area contributed by atoms with E-state index in [2.05, 4.69) is 10.6 Å². The molecule has 2 N–H and O–H groups in total. The van der Waals surface area contributed by atoms with Gasteiger partial charge in [-0.2, -0.15) is 0 Å². The Labute approximate surface area is 120 Å². The van der Waals surface area contributed by atoms with Crippen molar-refractivity contribution in [1.82, 2.24) is 15.5 Å². The molecule has 0 spiro atoms. The lowest BCUT2D eigenvalue weighted by Gasteiger charge is -2.23. The van der Waals surface area contributed by atoms with Crippen LogP contribution in [0, 0.1) is 0 Å². The molecule has 1 aromatic carbocycles. The van der Waals surface area contributed by atoms with Crippen LogP contribution in [-0.4, -0.2) is 36.0 Å². The molecule has 110 valence electrons. The lowest BCUT2D eigenvalue weighted by atomic mass is 10.2. The zero-order valence-corrected chi connectivity index (χ0v) is 12.5. The van der Waals surface area contributed by atoms with Crippen LogP contribution >= 0.6 is 0 Å². The topological polar surface area (TPSA) is 61.4 Å². The molecule has 0 radical (unpaired) electrons. The van der Waals surface area contributed by atoms with Gasteiger partial charge < -0.3 is 5.32 Å². The monoisotopic (exact) mass is 277 g/mol. The fraction of sp³-hybridized carbons (Fsp3) is 0.467. The average Bonchev–Trinajstić information content (AvgIpc) is 2.37. The number of rotatable bonds is 5. The number of imide groups is 1. The van der Waals surface area contributed by atoms with Crippen LogP contribution in [0.2, 0.25) is 0 Å². The van der Waals surface area contributed by atoms with Gasteiger partial charge in [-0.25, -0.2) is 4.79 Å². The van der Waals surface area contributed by atoms with E-state index in [1.165, 1.54) is 0 Å². The smallest absolute Gasteiger partial charge is 0.321 e. The van der Waals surface area contributed by atoms with Gasteiger partial charge >= 0.3 is 6.03 Å². The Morgan fingerprint density at radius 2 is 1.75 bits per heavy atom. The van der Waals surface area contributed by atoms with Crippen LogP contribution in [0.25, 0.3) is 0 Å². The van der Waals surface area contributed by atoms with E-state index in [0.29, 0.717) is 6.54 Å². The van der Waals surface area contributed by atoms with Gasteiger partial charge in [-0.3, -0.25) is 15.0 Å². The summed E-state index contributed by atoms with van der Waals surface area (Å²) in [4.78, 5) is 25.3. The van der Waals surface area contributed by atoms with Gasteiger partial charge in [0.25, 0.3) is 0 Å². The van der Waals surface area contributed by atoms with Crippen molar-refractivity contribution < 1.29 is 9.59 Å². The molecule has 5 heteroatoms. The Bertz CT molecular complexity index is 446. The predicted molar refractivity (Wildman–Crippen MR) is 79.2 cm³/mol. The average molecular weight is 277 g/mol. The van der Waals surface area contributed by atoms with E-state index in [1.54, 1.807) is 6.92 Å². The minimum atomic E-state index is -0.454. The molecule has 0 saturated heterocycles. The number of carbonyl (C=O) groups is 2. The summed E-state index contributed by atoms with van der Waals surface area (Å²) in [6.45, 7) is 6.12. The number of benzene rings is 1. The van der Waals surface area contributed by atoms with Gasteiger partial charge in [0.1, 0.15) is 0 Å². The molecule has 0 bridgehead atoms. The van der Waals surface area contributed by atoms with Crippen LogP contribution in [0.5, 0.6) is 0 Å². The van der Waals surface area contributed by atoms with Crippen molar-refractivity contribution in [2.45, 2.75) is 39.4 Å². The third kappa shape index (κ3) is 5.40. The van der Waals surface area contributed by atoms with Crippen LogP contribution in [-0.2, 0) is 11.3 Å². The van der Waals surface area contributed by atoms with E-state index in [-0.39, 0.29) is 18.0 Å². The number of urea groups is 1. The third-order valence-electron chi connectivity index (χ3n) is 2.97. The van der Waals surface area contributed by atoms with Gasteiger partial charge in [-0.15, -0.1) is 0 Å². The highest BCUT2D eigenvalue weighted by Crippen LogP contribution is 2.05. The summed E-state index contributed by atoms with van der Waals surface area (Å²) >= 11 is 0. The lowest BCUT2D eigenvalue weighted by molar-refractivity contribution is -0.124. The number of hydrogen-bond donors (Lipinski definition) is 2. The number of nitrogens with zero attached hydrogens (tertiary/aromatic N) is 1. The lowest BCUT2D eigenvalue weighted by Crippen LogP contribution is -2.49. The van der Waals surface area contributed by atoms with Gasteiger partial charge in [0.2, 0.25) is 5.91 Å². The molecule has 0 aliphatic rings. The van der Waals surface area contributed by atoms with E-state index < -0.39 is 6.03 Å². The number of amides is 3. The fourth-order valence-electron chi connectivity index (χ4n) is 1.72. The first-order valence-corrected chi connectivity index (χ1v) is 6.75. The number of likely N-dealkylation sites (N-methyl/N-ethyl adjacent to an activating group) is 1. The Kier molecular flexibility index (Phi) is 6.18. The molecule has 1 atom stereocenters. The number of carbonyl (C=O) groups excluding carboxylic acids is 2. The maximum atomic E-state index is 12.0. The van der Waals surface area contributed by atoms with Crippen LogP contribution in [0.4, 0.5) is 4.79 Å². The van der Waals surface area contributed by atoms with Gasteiger partial charge in [0.15, 0.2) is 0 Å². The van der Waals surface area contributed by atoms with E-state index in [0.717, 1.165) is 5.56 Å². The first kappa shape index (κ1) is 16.2. The number of nitrogens with one attached hydrogen (secondary N) is 2. The minimum Gasteiger partial charge on any atom is -0.336 e. The van der Waals surface area contributed by atoms with Crippen molar-refractivity contribution in [3.63, 3.8) is 0 Å². The highest BCUT2D eigenvalue weighted by molar-refractivity contribution is 5.96. The maximum Gasteiger partial charge on any atom is 0.321 e. The summed E-state index contributed by atoms with van der Waals surface area (Å²) in [5.41, 5.74) is 1.13. The first-order valence-electron chi connectivity index (χ1n) is 6.75. The molecule has 5 nitrogen and oxygen atoms in total. The normalized spacial score (nSPS) is 12.3. The summed E-state index contributed by atoms with van der Waals surface area (Å²) in [6.07, 6.45) is 0. The molecule has 1 rings (SSSR count). The Morgan fingerprint density at radius 3 is 2.30 bits per heavy atom. The molecule has 3 amide bonds. The summed E-state index contributed by atoms with van der Waals surface area (Å²) in [5.74, 6) is -0.304. The van der Waals surface area contributed by atoms with Gasteiger partial charge in [0, 0.05) is 12.6 Å². The van der Waals surface area contributed by atoms with Crippen molar-refractivity contribution in [3.8, 4) is 0 Å². The minimum absolute atomic E-state index is 0.000143. The van der Waals surface area contributed by atoms with Crippen molar-refractivity contribution in [3.05, 3.63) is 35.9 Å². The summed E-state index contributed by atoms with van der Waals surface area (Å²) < 4.78 is 0. The molecule has 20 heavy (non-hydrogen) atoms. The van der Waals surface area contributed by atoms with E-state index >= 15 is 0 Å². The molecular formula is C15H23N3O2. The van der Waals surface area contributed by atoms with Crippen LogP contribution in [0.15, 0.2) is 30.3 Å². The second-order valence-electron chi connectivity index (χ2n) is 5.19. The Morgan fingerprint density at radius 1 is 1.15 bits per heavy atom. The predicted octanol–water partition coefficient (Wildman–Crippen LogP) is 1.74. The molecule has 0 heterocycles. The van der Waals surface area contributed by atoms with Crippen LogP contribution < -0.4 is 10.6 Å². The molecule has 1 unspecified atom stereocenters. The van der Waals surface area contributed by atoms with Crippen molar-refractivity contribution >= 4 is 11.9 Å². The van der Waals surface area contributed by atoms with Crippen molar-refractivity contribution in [2.75, 3.05) is 7.05 Å². The summed E-state index contributed by atoms with van der Waals surface area (Å²) in [5, 5.41) is 4.97. The van der Waals surface area contributed by atoms with Gasteiger partial charge in [0.05, 0.1) is 6.04 Å². The first-order chi connectivity index (χ1) is 9.40. The highest BCUT2D eigenvalue weighted by Gasteiger charge is 2.20. The molecule has 1 aromatic rings. The molecule has 0 aliphatic heterocycles. The second kappa shape index (κ2) is 7.65. The standard InChI is InChI=1S/C15H23N3O2/c1-11(2)16-15(20)17-14(19)12(3)18(4)10-13-8-6-5-7-9-13/h5-9,11-12H,10H2,1-4H3,(H2,16,17,19,20). The zero-order valence-electron chi connectivity index (χ0n) is 12.5. The molecular weight excluding hydrogens is 254 g/mol. The SMILES string of the molecule is CC(C)NC(=O)NC(=O)C(C)N(C)Cc1ccccc1. The van der Waals surface area contributed by atoms with E-state index in [4.69, 9.17) is 0 Å². The van der Waals surface area contributed by atoms with Gasteiger partial charge in [-0.1, -0.05) is 30.3 Å². The van der Waals surface area contributed by atoms with Crippen molar-refractivity contribution in [1.29, 1.82) is 0 Å². The third-order valence-corrected chi connectivity index (χ3v) is 2.97. The molecule has 0 saturated carbocycles. The Hall–Kier alpha value is -1.88. The summed E-state index contributed by atoms with van der Waals surface area (Å²) in [7, 11) is 1.86. The van der Waals surface area contributed by atoms with E-state index in [9.17, 15) is 9.59 Å². The molecule has 0 aromatic heterocycles. The molecule has 0 aliphatic carbocycles. The van der Waals surface area contributed by atoms with E-state index in [1.807, 2.05) is 56.1 Å². The largest absolute Gasteiger partial charge is 0.336 e. The van der Waals surface area contributed by atoms with Crippen LogP contribution in [0.1, 0.15) is 26.3 Å².